The molecular formula is C43H38O16. The minimum Gasteiger partial charge on any atom is -0.460 e. The monoisotopic (exact) mass is 810 g/mol. The Balaban J connectivity index is 1.03. The summed E-state index contributed by atoms with van der Waals surface area (Å²) >= 11 is 0. The summed E-state index contributed by atoms with van der Waals surface area (Å²) in [5.74, 6) is -1.42. The number of rotatable bonds is 20. The van der Waals surface area contributed by atoms with Crippen molar-refractivity contribution in [1.82, 2.24) is 0 Å². The third-order valence-electron chi connectivity index (χ3n) is 8.00. The number of ether oxygens (including phenoxy) is 10. The molecule has 0 fully saturated rings. The minimum atomic E-state index is -0.963. The Morgan fingerprint density at radius 3 is 1.17 bits per heavy atom. The van der Waals surface area contributed by atoms with Gasteiger partial charge in [0.1, 0.15) is 49.4 Å². The fourth-order valence-corrected chi connectivity index (χ4v) is 5.28. The van der Waals surface area contributed by atoms with Crippen LogP contribution < -0.4 is 18.9 Å². The van der Waals surface area contributed by atoms with Gasteiger partial charge in [-0.3, -0.25) is 0 Å². The van der Waals surface area contributed by atoms with Gasteiger partial charge in [-0.05, 0) is 101 Å². The van der Waals surface area contributed by atoms with Crippen LogP contribution in [0.3, 0.4) is 0 Å². The smallest absolute Gasteiger partial charge is 0.460 e. The van der Waals surface area contributed by atoms with Gasteiger partial charge in [-0.25, -0.2) is 28.8 Å². The molecule has 0 N–H and O–H groups in total. The molecule has 0 saturated carbocycles. The number of carbonyl (C=O) groups is 6. The normalized spacial score (nSPS) is 10.8. The fraction of sp³-hybridized carbons (Fsp3) is 0.209. The highest BCUT2D eigenvalue weighted by molar-refractivity contribution is 5.92. The summed E-state index contributed by atoms with van der Waals surface area (Å²) in [5.41, 5.74) is 4.14. The van der Waals surface area contributed by atoms with E-state index in [-0.39, 0.29) is 75.5 Å². The number of esters is 4. The molecule has 16 nitrogen and oxygen atoms in total. The first kappa shape index (κ1) is 42.8. The highest BCUT2D eigenvalue weighted by Crippen LogP contribution is 2.40. The van der Waals surface area contributed by atoms with E-state index in [1.165, 1.54) is 48.5 Å². The number of hydrogen-bond donors (Lipinski definition) is 0. The molecule has 4 aromatic carbocycles. The molecule has 0 bridgehead atoms. The number of hydrogen-bond acceptors (Lipinski definition) is 16. The lowest BCUT2D eigenvalue weighted by atomic mass is 10.1. The summed E-state index contributed by atoms with van der Waals surface area (Å²) in [6.45, 7) is 6.84. The van der Waals surface area contributed by atoms with Crippen molar-refractivity contribution >= 4 is 36.2 Å². The van der Waals surface area contributed by atoms with Crippen LogP contribution in [0.4, 0.5) is 9.59 Å². The molecule has 306 valence electrons. The zero-order chi connectivity index (χ0) is 42.0. The van der Waals surface area contributed by atoms with E-state index in [0.29, 0.717) is 17.9 Å². The van der Waals surface area contributed by atoms with E-state index >= 15 is 0 Å². The largest absolute Gasteiger partial charge is 0.513 e. The van der Waals surface area contributed by atoms with Gasteiger partial charge in [0.25, 0.3) is 0 Å². The standard InChI is InChI=1S/C43H38O16/c1-3-38(44)52-21-17-50-19-23-54-42(48)58-32-9-5-28(6-10-32)40(46)56-34-13-15-36-30(26-34)25-31-27-35(14-16-37(31)36)57-41(47)29-7-11-33(12-8-29)59-43(49)55-24-20-51-18-22-53-39(45)4-2/h3-16,26-27H,1-2,17-25H2. The predicted molar refractivity (Wildman–Crippen MR) is 205 cm³/mol. The van der Waals surface area contributed by atoms with Crippen molar-refractivity contribution in [3.63, 3.8) is 0 Å². The van der Waals surface area contributed by atoms with E-state index in [9.17, 15) is 28.8 Å². The second kappa shape index (κ2) is 21.9. The first-order valence-corrected chi connectivity index (χ1v) is 18.0. The summed E-state index contributed by atoms with van der Waals surface area (Å²) in [7, 11) is 0. The maximum atomic E-state index is 12.9. The van der Waals surface area contributed by atoms with E-state index in [4.69, 9.17) is 47.4 Å². The Morgan fingerprint density at radius 2 is 0.797 bits per heavy atom. The Bertz CT molecular complexity index is 2000. The lowest BCUT2D eigenvalue weighted by Crippen LogP contribution is -2.16. The third kappa shape index (κ3) is 13.4. The molecule has 1 aliphatic carbocycles. The molecule has 0 saturated heterocycles. The van der Waals surface area contributed by atoms with Crippen LogP contribution in [0, 0.1) is 0 Å². The molecule has 0 aliphatic heterocycles. The van der Waals surface area contributed by atoms with Crippen LogP contribution in [0.2, 0.25) is 0 Å². The number of carbonyl (C=O) groups excluding carboxylic acids is 6. The van der Waals surface area contributed by atoms with Crippen LogP contribution in [0.15, 0.2) is 110 Å². The van der Waals surface area contributed by atoms with Gasteiger partial charge in [0.15, 0.2) is 0 Å². The molecule has 16 heteroatoms. The molecule has 5 rings (SSSR count). The maximum Gasteiger partial charge on any atom is 0.513 e. The lowest BCUT2D eigenvalue weighted by Gasteiger charge is -2.09. The van der Waals surface area contributed by atoms with Crippen LogP contribution >= 0.6 is 0 Å². The topological polar surface area (TPSA) is 195 Å². The minimum absolute atomic E-state index is 0.0377. The lowest BCUT2D eigenvalue weighted by molar-refractivity contribution is -0.140. The zero-order valence-electron chi connectivity index (χ0n) is 31.5. The van der Waals surface area contributed by atoms with E-state index < -0.39 is 36.2 Å². The van der Waals surface area contributed by atoms with Crippen LogP contribution in [-0.2, 0) is 44.4 Å². The van der Waals surface area contributed by atoms with E-state index in [0.717, 1.165) is 34.4 Å². The van der Waals surface area contributed by atoms with Gasteiger partial charge in [0.05, 0.1) is 37.6 Å². The van der Waals surface area contributed by atoms with Crippen molar-refractivity contribution < 1.29 is 76.1 Å². The second-order valence-electron chi connectivity index (χ2n) is 12.0. The summed E-state index contributed by atoms with van der Waals surface area (Å²) in [6, 6.07) is 22.1. The molecule has 0 radical (unpaired) electrons. The molecule has 0 spiro atoms. The molecule has 0 unspecified atom stereocenters. The Labute approximate surface area is 337 Å². The Hall–Kier alpha value is -7.30. The Kier molecular flexibility index (Phi) is 15.9. The number of benzene rings is 4. The van der Waals surface area contributed by atoms with Crippen molar-refractivity contribution in [2.75, 3.05) is 52.9 Å². The van der Waals surface area contributed by atoms with Crippen LogP contribution in [0.1, 0.15) is 31.8 Å². The zero-order valence-corrected chi connectivity index (χ0v) is 31.5. The van der Waals surface area contributed by atoms with Crippen LogP contribution in [0.25, 0.3) is 11.1 Å². The predicted octanol–water partition coefficient (Wildman–Crippen LogP) is 6.22. The quantitative estimate of drug-likeness (QED) is 0.0214. The molecule has 0 aromatic heterocycles. The van der Waals surface area contributed by atoms with Crippen molar-refractivity contribution in [3.8, 4) is 34.1 Å². The summed E-state index contributed by atoms with van der Waals surface area (Å²) in [5, 5.41) is 0. The van der Waals surface area contributed by atoms with Gasteiger partial charge >= 0.3 is 36.2 Å². The molecule has 4 aromatic rings. The van der Waals surface area contributed by atoms with Crippen molar-refractivity contribution in [2.45, 2.75) is 6.42 Å². The van der Waals surface area contributed by atoms with Crippen LogP contribution in [0.5, 0.6) is 23.0 Å². The molecular weight excluding hydrogens is 772 g/mol. The first-order valence-electron chi connectivity index (χ1n) is 18.0. The van der Waals surface area contributed by atoms with Gasteiger partial charge in [-0.15, -0.1) is 0 Å². The van der Waals surface area contributed by atoms with Gasteiger partial charge in [-0.1, -0.05) is 25.3 Å². The summed E-state index contributed by atoms with van der Waals surface area (Å²) in [6.07, 6.45) is 0.652. The summed E-state index contributed by atoms with van der Waals surface area (Å²) in [4.78, 5) is 71.7. The highest BCUT2D eigenvalue weighted by atomic mass is 16.7. The van der Waals surface area contributed by atoms with Crippen molar-refractivity contribution in [3.05, 3.63) is 132 Å². The molecule has 1 aliphatic rings. The van der Waals surface area contributed by atoms with Gasteiger partial charge in [0.2, 0.25) is 0 Å². The Morgan fingerprint density at radius 1 is 0.441 bits per heavy atom. The van der Waals surface area contributed by atoms with E-state index in [1.807, 2.05) is 12.1 Å². The van der Waals surface area contributed by atoms with E-state index in [2.05, 4.69) is 13.2 Å². The van der Waals surface area contributed by atoms with E-state index in [1.54, 1.807) is 24.3 Å². The fourth-order valence-electron chi connectivity index (χ4n) is 5.28. The SMILES string of the molecule is C=CC(=O)OCCOCCOC(=O)Oc1ccc(C(=O)Oc2ccc3c(c2)Cc2cc(OC(=O)c4ccc(OC(=O)OCCOCCOC(=O)C=C)cc4)ccc2-3)cc1. The van der Waals surface area contributed by atoms with Crippen molar-refractivity contribution in [2.24, 2.45) is 0 Å². The average molecular weight is 811 g/mol. The molecule has 0 heterocycles. The third-order valence-corrected chi connectivity index (χ3v) is 8.00. The second-order valence-corrected chi connectivity index (χ2v) is 12.0. The maximum absolute atomic E-state index is 12.9. The molecule has 0 amide bonds. The summed E-state index contributed by atoms with van der Waals surface area (Å²) < 4.78 is 51.2. The van der Waals surface area contributed by atoms with Crippen molar-refractivity contribution in [1.29, 1.82) is 0 Å². The van der Waals surface area contributed by atoms with Gasteiger partial charge < -0.3 is 47.4 Å². The highest BCUT2D eigenvalue weighted by Gasteiger charge is 2.22. The first-order chi connectivity index (χ1) is 28.6. The van der Waals surface area contributed by atoms with Gasteiger partial charge in [0, 0.05) is 12.2 Å². The average Bonchev–Trinajstić information content (AvgIpc) is 3.60. The number of fused-ring (bicyclic) bond motifs is 3. The van der Waals surface area contributed by atoms with Gasteiger partial charge in [-0.2, -0.15) is 0 Å². The van der Waals surface area contributed by atoms with Crippen LogP contribution in [-0.4, -0.2) is 89.0 Å². The molecule has 0 atom stereocenters. The molecule has 59 heavy (non-hydrogen) atoms.